The first-order valence-corrected chi connectivity index (χ1v) is 7.14. The van der Waals surface area contributed by atoms with Gasteiger partial charge in [-0.15, -0.1) is 0 Å². The van der Waals surface area contributed by atoms with Crippen LogP contribution in [0.4, 0.5) is 0 Å². The van der Waals surface area contributed by atoms with E-state index in [1.54, 1.807) is 0 Å². The maximum Gasteiger partial charge on any atom is 0.0922 e. The summed E-state index contributed by atoms with van der Waals surface area (Å²) in [5.41, 5.74) is 1.03. The molecule has 0 aliphatic carbocycles. The number of aliphatic hydroxyl groups is 1. The fourth-order valence-corrected chi connectivity index (χ4v) is 2.58. The van der Waals surface area contributed by atoms with Gasteiger partial charge in [0.25, 0.3) is 0 Å². The van der Waals surface area contributed by atoms with Crippen LogP contribution in [-0.2, 0) is 0 Å². The van der Waals surface area contributed by atoms with Crippen LogP contribution in [0.25, 0.3) is 10.8 Å². The van der Waals surface area contributed by atoms with E-state index in [0.29, 0.717) is 6.54 Å². The van der Waals surface area contributed by atoms with Crippen molar-refractivity contribution in [3.63, 3.8) is 0 Å². The van der Waals surface area contributed by atoms with Crippen LogP contribution in [0.5, 0.6) is 0 Å². The Bertz CT molecular complexity index is 518. The molecule has 2 aromatic rings. The van der Waals surface area contributed by atoms with E-state index in [1.807, 2.05) is 24.3 Å². The highest BCUT2D eigenvalue weighted by molar-refractivity contribution is 5.85. The molecule has 0 aliphatic rings. The van der Waals surface area contributed by atoms with E-state index in [1.165, 1.54) is 5.39 Å². The molecule has 0 saturated heterocycles. The van der Waals surface area contributed by atoms with E-state index in [0.717, 1.165) is 30.5 Å². The molecule has 0 fully saturated rings. The third kappa shape index (κ3) is 3.34. The molecule has 0 aliphatic heterocycles. The van der Waals surface area contributed by atoms with Crippen molar-refractivity contribution in [3.8, 4) is 0 Å². The fourth-order valence-electron chi connectivity index (χ4n) is 2.58. The van der Waals surface area contributed by atoms with Crippen LogP contribution in [-0.4, -0.2) is 29.6 Å². The molecular weight excluding hydrogens is 234 g/mol. The van der Waals surface area contributed by atoms with Gasteiger partial charge in [0, 0.05) is 6.54 Å². The summed E-state index contributed by atoms with van der Waals surface area (Å²) in [5.74, 6) is 0. The molecule has 102 valence electrons. The standard InChI is InChI=1S/C17H23NO/c1-3-12-18(4-2)13-17(19)16-11-7-9-14-8-5-6-10-15(14)16/h5-11,17,19H,3-4,12-13H2,1-2H3. The minimum atomic E-state index is -0.419. The number of rotatable bonds is 6. The van der Waals surface area contributed by atoms with Gasteiger partial charge >= 0.3 is 0 Å². The summed E-state index contributed by atoms with van der Waals surface area (Å²) in [7, 11) is 0. The molecule has 2 rings (SSSR count). The van der Waals surface area contributed by atoms with Crippen LogP contribution in [0.1, 0.15) is 31.9 Å². The second kappa shape index (κ2) is 6.69. The summed E-state index contributed by atoms with van der Waals surface area (Å²) in [5, 5.41) is 12.9. The highest BCUT2D eigenvalue weighted by atomic mass is 16.3. The van der Waals surface area contributed by atoms with Gasteiger partial charge < -0.3 is 10.0 Å². The van der Waals surface area contributed by atoms with E-state index >= 15 is 0 Å². The van der Waals surface area contributed by atoms with Crippen LogP contribution in [0, 0.1) is 0 Å². The Morgan fingerprint density at radius 2 is 1.79 bits per heavy atom. The fraction of sp³-hybridized carbons (Fsp3) is 0.412. The zero-order valence-electron chi connectivity index (χ0n) is 11.8. The molecule has 1 atom stereocenters. The van der Waals surface area contributed by atoms with Crippen LogP contribution >= 0.6 is 0 Å². The van der Waals surface area contributed by atoms with E-state index in [9.17, 15) is 5.11 Å². The number of nitrogens with zero attached hydrogens (tertiary/aromatic N) is 1. The lowest BCUT2D eigenvalue weighted by Crippen LogP contribution is -2.29. The SMILES string of the molecule is CCCN(CC)CC(O)c1cccc2ccccc12. The predicted octanol–water partition coefficient (Wildman–Crippen LogP) is 3.61. The van der Waals surface area contributed by atoms with Crippen molar-refractivity contribution in [2.24, 2.45) is 0 Å². The summed E-state index contributed by atoms with van der Waals surface area (Å²) in [6.45, 7) is 7.05. The molecule has 19 heavy (non-hydrogen) atoms. The van der Waals surface area contributed by atoms with Crippen LogP contribution in [0.2, 0.25) is 0 Å². The maximum absolute atomic E-state index is 10.5. The maximum atomic E-state index is 10.5. The van der Waals surface area contributed by atoms with Gasteiger partial charge in [-0.3, -0.25) is 0 Å². The molecule has 1 N–H and O–H groups in total. The normalized spacial score (nSPS) is 13.1. The molecule has 0 amide bonds. The second-order valence-electron chi connectivity index (χ2n) is 4.98. The zero-order valence-corrected chi connectivity index (χ0v) is 11.8. The Labute approximate surface area is 115 Å². The number of benzene rings is 2. The van der Waals surface area contributed by atoms with Gasteiger partial charge in [0.1, 0.15) is 0 Å². The molecule has 0 saturated carbocycles. The van der Waals surface area contributed by atoms with Crippen molar-refractivity contribution in [2.45, 2.75) is 26.4 Å². The number of hydrogen-bond acceptors (Lipinski definition) is 2. The van der Waals surface area contributed by atoms with Crippen molar-refractivity contribution in [1.82, 2.24) is 4.90 Å². The topological polar surface area (TPSA) is 23.5 Å². The highest BCUT2D eigenvalue weighted by Gasteiger charge is 2.14. The summed E-state index contributed by atoms with van der Waals surface area (Å²) in [6, 6.07) is 14.4. The van der Waals surface area contributed by atoms with E-state index in [4.69, 9.17) is 0 Å². The molecule has 0 spiro atoms. The average molecular weight is 257 g/mol. The van der Waals surface area contributed by atoms with Crippen molar-refractivity contribution >= 4 is 10.8 Å². The smallest absolute Gasteiger partial charge is 0.0922 e. The second-order valence-corrected chi connectivity index (χ2v) is 4.98. The van der Waals surface area contributed by atoms with Gasteiger partial charge in [0.05, 0.1) is 6.10 Å². The molecule has 0 bridgehead atoms. The third-order valence-electron chi connectivity index (χ3n) is 3.60. The van der Waals surface area contributed by atoms with E-state index < -0.39 is 6.10 Å². The van der Waals surface area contributed by atoms with Gasteiger partial charge in [-0.05, 0) is 35.8 Å². The van der Waals surface area contributed by atoms with Gasteiger partial charge in [0.15, 0.2) is 0 Å². The lowest BCUT2D eigenvalue weighted by molar-refractivity contribution is 0.117. The lowest BCUT2D eigenvalue weighted by Gasteiger charge is -2.24. The van der Waals surface area contributed by atoms with Gasteiger partial charge in [-0.25, -0.2) is 0 Å². The Hall–Kier alpha value is -1.38. The first-order valence-electron chi connectivity index (χ1n) is 7.14. The molecule has 2 nitrogen and oxygen atoms in total. The molecule has 0 radical (unpaired) electrons. The molecule has 0 aromatic heterocycles. The first kappa shape index (κ1) is 14.0. The Kier molecular flexibility index (Phi) is 4.94. The summed E-state index contributed by atoms with van der Waals surface area (Å²) < 4.78 is 0. The van der Waals surface area contributed by atoms with E-state index in [-0.39, 0.29) is 0 Å². The largest absolute Gasteiger partial charge is 0.387 e. The van der Waals surface area contributed by atoms with Gasteiger partial charge in [-0.1, -0.05) is 56.3 Å². The Morgan fingerprint density at radius 1 is 1.05 bits per heavy atom. The van der Waals surface area contributed by atoms with Crippen molar-refractivity contribution in [2.75, 3.05) is 19.6 Å². The Morgan fingerprint density at radius 3 is 2.53 bits per heavy atom. The first-order chi connectivity index (χ1) is 9.26. The Balaban J connectivity index is 2.23. The summed E-state index contributed by atoms with van der Waals surface area (Å²) in [6.07, 6.45) is 0.702. The number of fused-ring (bicyclic) bond motifs is 1. The summed E-state index contributed by atoms with van der Waals surface area (Å²) in [4.78, 5) is 2.30. The van der Waals surface area contributed by atoms with Gasteiger partial charge in [-0.2, -0.15) is 0 Å². The molecule has 1 unspecified atom stereocenters. The lowest BCUT2D eigenvalue weighted by atomic mass is 10.00. The van der Waals surface area contributed by atoms with Crippen molar-refractivity contribution in [1.29, 1.82) is 0 Å². The number of likely N-dealkylation sites (N-methyl/N-ethyl adjacent to an activating group) is 1. The van der Waals surface area contributed by atoms with Gasteiger partial charge in [0.2, 0.25) is 0 Å². The van der Waals surface area contributed by atoms with Crippen molar-refractivity contribution < 1.29 is 5.11 Å². The molecule has 2 aromatic carbocycles. The number of hydrogen-bond donors (Lipinski definition) is 1. The van der Waals surface area contributed by atoms with Crippen LogP contribution < -0.4 is 0 Å². The van der Waals surface area contributed by atoms with E-state index in [2.05, 4.69) is 36.9 Å². The molecule has 2 heteroatoms. The highest BCUT2D eigenvalue weighted by Crippen LogP contribution is 2.24. The minimum Gasteiger partial charge on any atom is -0.387 e. The van der Waals surface area contributed by atoms with Crippen LogP contribution in [0.3, 0.4) is 0 Å². The average Bonchev–Trinajstić information content (AvgIpc) is 2.46. The molecule has 0 heterocycles. The van der Waals surface area contributed by atoms with Crippen LogP contribution in [0.15, 0.2) is 42.5 Å². The minimum absolute atomic E-state index is 0.419. The third-order valence-corrected chi connectivity index (χ3v) is 3.60. The monoisotopic (exact) mass is 257 g/mol. The summed E-state index contributed by atoms with van der Waals surface area (Å²) >= 11 is 0. The van der Waals surface area contributed by atoms with Crippen molar-refractivity contribution in [3.05, 3.63) is 48.0 Å². The predicted molar refractivity (Wildman–Crippen MR) is 81.3 cm³/mol. The number of aliphatic hydroxyl groups excluding tert-OH is 1. The molecular formula is C17H23NO. The zero-order chi connectivity index (χ0) is 13.7. The quantitative estimate of drug-likeness (QED) is 0.854.